The number of sulfonamides is 1. The summed E-state index contributed by atoms with van der Waals surface area (Å²) in [5.41, 5.74) is 0.340. The van der Waals surface area contributed by atoms with Crippen molar-refractivity contribution in [1.82, 2.24) is 0 Å². The first kappa shape index (κ1) is 15.6. The molecule has 0 unspecified atom stereocenters. The van der Waals surface area contributed by atoms with Gasteiger partial charge in [-0.05, 0) is 31.2 Å². The van der Waals surface area contributed by atoms with Crippen molar-refractivity contribution in [3.05, 3.63) is 64.2 Å². The second-order valence-corrected chi connectivity index (χ2v) is 6.18. The number of rotatable bonds is 5. The topological polar surface area (TPSA) is 106 Å². The van der Waals surface area contributed by atoms with Crippen LogP contribution in [0.2, 0.25) is 0 Å². The molecule has 1 N–H and O–H groups in total. The van der Waals surface area contributed by atoms with Gasteiger partial charge in [-0.1, -0.05) is 12.1 Å². The maximum absolute atomic E-state index is 12.2. The summed E-state index contributed by atoms with van der Waals surface area (Å²) in [4.78, 5) is 21.2. The van der Waals surface area contributed by atoms with Gasteiger partial charge in [-0.3, -0.25) is 19.6 Å². The van der Waals surface area contributed by atoms with E-state index in [9.17, 15) is 23.3 Å². The van der Waals surface area contributed by atoms with Gasteiger partial charge in [-0.25, -0.2) is 8.42 Å². The first-order valence-electron chi connectivity index (χ1n) is 6.18. The van der Waals surface area contributed by atoms with Gasteiger partial charge in [0.25, 0.3) is 15.7 Å². The molecule has 7 nitrogen and oxygen atoms in total. The van der Waals surface area contributed by atoms with E-state index in [-0.39, 0.29) is 27.6 Å². The molecular weight excluding hydrogens is 308 g/mol. The molecule has 0 aliphatic carbocycles. The van der Waals surface area contributed by atoms with Gasteiger partial charge < -0.3 is 0 Å². The molecule has 2 rings (SSSR count). The monoisotopic (exact) mass is 320 g/mol. The lowest BCUT2D eigenvalue weighted by Crippen LogP contribution is -2.13. The molecule has 0 saturated carbocycles. The van der Waals surface area contributed by atoms with E-state index in [1.54, 1.807) is 0 Å². The number of carbonyl (C=O) groups is 1. The molecule has 0 radical (unpaired) electrons. The minimum Gasteiger partial charge on any atom is -0.295 e. The number of anilines is 1. The second-order valence-electron chi connectivity index (χ2n) is 4.49. The van der Waals surface area contributed by atoms with Gasteiger partial charge in [0, 0.05) is 23.4 Å². The molecule has 0 atom stereocenters. The van der Waals surface area contributed by atoms with Crippen molar-refractivity contribution in [2.24, 2.45) is 0 Å². The Labute approximate surface area is 126 Å². The van der Waals surface area contributed by atoms with Crippen LogP contribution < -0.4 is 4.72 Å². The third-order valence-corrected chi connectivity index (χ3v) is 4.26. The maximum Gasteiger partial charge on any atom is 0.269 e. The third-order valence-electron chi connectivity index (χ3n) is 2.88. The van der Waals surface area contributed by atoms with Crippen LogP contribution in [0.5, 0.6) is 0 Å². The number of carbonyl (C=O) groups excluding carboxylic acids is 1. The minimum atomic E-state index is -3.87. The van der Waals surface area contributed by atoms with E-state index in [2.05, 4.69) is 4.72 Å². The van der Waals surface area contributed by atoms with Crippen LogP contribution in [0.3, 0.4) is 0 Å². The molecular formula is C14H12N2O5S. The lowest BCUT2D eigenvalue weighted by atomic mass is 10.2. The zero-order valence-corrected chi connectivity index (χ0v) is 12.3. The molecule has 0 heterocycles. The summed E-state index contributed by atoms with van der Waals surface area (Å²) in [5, 5.41) is 10.6. The van der Waals surface area contributed by atoms with Crippen LogP contribution in [0.15, 0.2) is 53.4 Å². The van der Waals surface area contributed by atoms with Crippen molar-refractivity contribution in [3.8, 4) is 0 Å². The Morgan fingerprint density at radius 2 is 1.77 bits per heavy atom. The van der Waals surface area contributed by atoms with E-state index in [0.29, 0.717) is 0 Å². The zero-order valence-electron chi connectivity index (χ0n) is 11.5. The van der Waals surface area contributed by atoms with E-state index >= 15 is 0 Å². The van der Waals surface area contributed by atoms with Gasteiger partial charge in [-0.15, -0.1) is 0 Å². The van der Waals surface area contributed by atoms with Crippen molar-refractivity contribution in [1.29, 1.82) is 0 Å². The van der Waals surface area contributed by atoms with Crippen LogP contribution >= 0.6 is 0 Å². The van der Waals surface area contributed by atoms with E-state index in [4.69, 9.17) is 0 Å². The third kappa shape index (κ3) is 3.47. The average Bonchev–Trinajstić information content (AvgIpc) is 2.47. The largest absolute Gasteiger partial charge is 0.295 e. The lowest BCUT2D eigenvalue weighted by molar-refractivity contribution is -0.384. The minimum absolute atomic E-state index is 0.0569. The highest BCUT2D eigenvalue weighted by Crippen LogP contribution is 2.20. The van der Waals surface area contributed by atoms with E-state index in [1.165, 1.54) is 55.5 Å². The summed E-state index contributed by atoms with van der Waals surface area (Å²) >= 11 is 0. The fourth-order valence-electron chi connectivity index (χ4n) is 1.75. The molecule has 22 heavy (non-hydrogen) atoms. The van der Waals surface area contributed by atoms with Crippen LogP contribution in [0.1, 0.15) is 17.3 Å². The summed E-state index contributed by atoms with van der Waals surface area (Å²) in [7, 11) is -3.87. The molecule has 0 fully saturated rings. The number of nitrogens with zero attached hydrogens (tertiary/aromatic N) is 1. The number of non-ortho nitro benzene ring substituents is 1. The molecule has 0 aromatic heterocycles. The number of hydrogen-bond donors (Lipinski definition) is 1. The predicted octanol–water partition coefficient (Wildman–Crippen LogP) is 2.60. The first-order chi connectivity index (χ1) is 10.3. The maximum atomic E-state index is 12.2. The summed E-state index contributed by atoms with van der Waals surface area (Å²) in [6.45, 7) is 1.34. The van der Waals surface area contributed by atoms with Crippen molar-refractivity contribution in [2.75, 3.05) is 4.72 Å². The molecule has 8 heteroatoms. The number of benzene rings is 2. The Balaban J connectivity index is 2.29. The Morgan fingerprint density at radius 1 is 1.14 bits per heavy atom. The van der Waals surface area contributed by atoms with Crippen LogP contribution in [0.25, 0.3) is 0 Å². The SMILES string of the molecule is CC(=O)c1cccc(S(=O)(=O)Nc2ccc([N+](=O)[O-])cc2)c1. The number of nitro groups is 1. The standard InChI is InChI=1S/C14H12N2O5S/c1-10(17)11-3-2-4-14(9-11)22(20,21)15-12-5-7-13(8-6-12)16(18)19/h2-9,15H,1H3. The van der Waals surface area contributed by atoms with Crippen molar-refractivity contribution >= 4 is 27.2 Å². The number of nitrogens with one attached hydrogen (secondary N) is 1. The lowest BCUT2D eigenvalue weighted by Gasteiger charge is -2.08. The molecule has 2 aromatic rings. The molecule has 0 amide bonds. The summed E-state index contributed by atoms with van der Waals surface area (Å²) in [6.07, 6.45) is 0. The van der Waals surface area contributed by atoms with Crippen LogP contribution in [-0.2, 0) is 10.0 Å². The van der Waals surface area contributed by atoms with Crippen molar-refractivity contribution in [2.45, 2.75) is 11.8 Å². The van der Waals surface area contributed by atoms with Gasteiger partial charge in [0.15, 0.2) is 5.78 Å². The quantitative estimate of drug-likeness (QED) is 0.517. The van der Waals surface area contributed by atoms with Gasteiger partial charge in [0.1, 0.15) is 0 Å². The van der Waals surface area contributed by atoms with E-state index in [1.807, 2.05) is 0 Å². The Bertz CT molecular complexity index is 829. The number of ketones is 1. The van der Waals surface area contributed by atoms with Crippen LogP contribution in [-0.4, -0.2) is 19.1 Å². The molecule has 0 spiro atoms. The molecule has 0 saturated heterocycles. The summed E-state index contributed by atoms with van der Waals surface area (Å²) < 4.78 is 26.8. The fraction of sp³-hybridized carbons (Fsp3) is 0.0714. The molecule has 0 aliphatic heterocycles. The average molecular weight is 320 g/mol. The molecule has 114 valence electrons. The highest BCUT2D eigenvalue weighted by Gasteiger charge is 2.16. The fourth-order valence-corrected chi connectivity index (χ4v) is 2.85. The van der Waals surface area contributed by atoms with Gasteiger partial charge >= 0.3 is 0 Å². The van der Waals surface area contributed by atoms with Crippen LogP contribution in [0, 0.1) is 10.1 Å². The second kappa shape index (κ2) is 5.94. The first-order valence-corrected chi connectivity index (χ1v) is 7.66. The van der Waals surface area contributed by atoms with Crippen molar-refractivity contribution < 1.29 is 18.1 Å². The predicted molar refractivity (Wildman–Crippen MR) is 80.4 cm³/mol. The normalized spacial score (nSPS) is 11.0. The Morgan fingerprint density at radius 3 is 2.32 bits per heavy atom. The molecule has 0 aliphatic rings. The number of nitro benzene ring substituents is 1. The summed E-state index contributed by atoms with van der Waals surface area (Å²) in [6, 6.07) is 10.6. The van der Waals surface area contributed by atoms with Gasteiger partial charge in [0.2, 0.25) is 0 Å². The molecule has 0 bridgehead atoms. The highest BCUT2D eigenvalue weighted by molar-refractivity contribution is 7.92. The summed E-state index contributed by atoms with van der Waals surface area (Å²) in [5.74, 6) is -0.243. The Hall–Kier alpha value is -2.74. The van der Waals surface area contributed by atoms with Crippen LogP contribution in [0.4, 0.5) is 11.4 Å². The van der Waals surface area contributed by atoms with E-state index < -0.39 is 14.9 Å². The zero-order chi connectivity index (χ0) is 16.3. The number of Topliss-reactive ketones (excluding diaryl/α,β-unsaturated/α-hetero) is 1. The van der Waals surface area contributed by atoms with Gasteiger partial charge in [0.05, 0.1) is 9.82 Å². The molecule has 2 aromatic carbocycles. The smallest absolute Gasteiger partial charge is 0.269 e. The Kier molecular flexibility index (Phi) is 4.22. The van der Waals surface area contributed by atoms with Gasteiger partial charge in [-0.2, -0.15) is 0 Å². The van der Waals surface area contributed by atoms with E-state index in [0.717, 1.165) is 0 Å². The number of hydrogen-bond acceptors (Lipinski definition) is 5. The highest BCUT2D eigenvalue weighted by atomic mass is 32.2. The van der Waals surface area contributed by atoms with Crippen molar-refractivity contribution in [3.63, 3.8) is 0 Å².